The molecule has 0 fully saturated rings. The summed E-state index contributed by atoms with van der Waals surface area (Å²) < 4.78 is 17.6. The standard InChI is InChI=1S/C18H13Cl3FNO4/c19-12-7-14(21)15(8-13(12)20)23-17(25)9-27-18(26)6-5-16(24)10-1-3-11(22)4-2-10/h1-4,7-8H,5-6,9H2,(H,23,25). The molecule has 0 radical (unpaired) electrons. The Morgan fingerprint density at radius 1 is 0.926 bits per heavy atom. The van der Waals surface area contributed by atoms with Gasteiger partial charge in [0.2, 0.25) is 0 Å². The second-order valence-electron chi connectivity index (χ2n) is 5.39. The molecule has 9 heteroatoms. The van der Waals surface area contributed by atoms with Gasteiger partial charge in [0.1, 0.15) is 5.82 Å². The second-order valence-corrected chi connectivity index (χ2v) is 6.61. The summed E-state index contributed by atoms with van der Waals surface area (Å²) in [6.45, 7) is -0.555. The summed E-state index contributed by atoms with van der Waals surface area (Å²) in [7, 11) is 0. The van der Waals surface area contributed by atoms with E-state index in [0.29, 0.717) is 0 Å². The van der Waals surface area contributed by atoms with Gasteiger partial charge in [-0.3, -0.25) is 14.4 Å². The van der Waals surface area contributed by atoms with Crippen LogP contribution in [0.25, 0.3) is 0 Å². The molecule has 0 aliphatic rings. The van der Waals surface area contributed by atoms with Crippen LogP contribution in [-0.2, 0) is 14.3 Å². The lowest BCUT2D eigenvalue weighted by atomic mass is 10.1. The maximum absolute atomic E-state index is 12.8. The van der Waals surface area contributed by atoms with Crippen molar-refractivity contribution in [3.05, 3.63) is 62.8 Å². The number of ketones is 1. The number of Topliss-reactive ketones (excluding diaryl/α,β-unsaturated/α-hetero) is 1. The molecule has 1 N–H and O–H groups in total. The van der Waals surface area contributed by atoms with E-state index < -0.39 is 24.3 Å². The summed E-state index contributed by atoms with van der Waals surface area (Å²) in [4.78, 5) is 35.4. The highest BCUT2D eigenvalue weighted by atomic mass is 35.5. The molecular weight excluding hydrogens is 420 g/mol. The van der Waals surface area contributed by atoms with Gasteiger partial charge in [0.25, 0.3) is 5.91 Å². The van der Waals surface area contributed by atoms with Crippen LogP contribution < -0.4 is 5.32 Å². The number of anilines is 1. The molecule has 0 saturated heterocycles. The molecule has 0 atom stereocenters. The fraction of sp³-hybridized carbons (Fsp3) is 0.167. The van der Waals surface area contributed by atoms with E-state index in [1.54, 1.807) is 0 Å². The Balaban J connectivity index is 1.78. The molecule has 0 saturated carbocycles. The molecule has 5 nitrogen and oxygen atoms in total. The molecule has 2 aromatic carbocycles. The maximum atomic E-state index is 12.8. The zero-order valence-electron chi connectivity index (χ0n) is 13.7. The minimum absolute atomic E-state index is 0.120. The van der Waals surface area contributed by atoms with E-state index >= 15 is 0 Å². The number of amides is 1. The molecule has 0 bridgehead atoms. The van der Waals surface area contributed by atoms with Gasteiger partial charge in [-0.25, -0.2) is 4.39 Å². The summed E-state index contributed by atoms with van der Waals surface area (Å²) in [6, 6.07) is 7.71. The summed E-state index contributed by atoms with van der Waals surface area (Å²) in [5, 5.41) is 3.05. The summed E-state index contributed by atoms with van der Waals surface area (Å²) >= 11 is 17.6. The third-order valence-corrected chi connectivity index (χ3v) is 4.41. The van der Waals surface area contributed by atoms with Crippen molar-refractivity contribution in [2.24, 2.45) is 0 Å². The van der Waals surface area contributed by atoms with E-state index in [1.807, 2.05) is 0 Å². The minimum Gasteiger partial charge on any atom is -0.456 e. The summed E-state index contributed by atoms with van der Waals surface area (Å²) in [5.74, 6) is -2.15. The Bertz CT molecular complexity index is 872. The van der Waals surface area contributed by atoms with Gasteiger partial charge in [-0.15, -0.1) is 0 Å². The van der Waals surface area contributed by atoms with Crippen LogP contribution in [0.4, 0.5) is 10.1 Å². The Labute approximate surface area is 169 Å². The molecule has 2 rings (SSSR count). The fourth-order valence-electron chi connectivity index (χ4n) is 2.02. The Morgan fingerprint density at radius 2 is 1.56 bits per heavy atom. The van der Waals surface area contributed by atoms with Crippen molar-refractivity contribution in [2.45, 2.75) is 12.8 Å². The molecule has 0 unspecified atom stereocenters. The molecule has 0 aromatic heterocycles. The lowest BCUT2D eigenvalue weighted by Crippen LogP contribution is -2.21. The largest absolute Gasteiger partial charge is 0.456 e. The van der Waals surface area contributed by atoms with E-state index in [4.69, 9.17) is 39.5 Å². The third-order valence-electron chi connectivity index (χ3n) is 3.37. The van der Waals surface area contributed by atoms with Crippen LogP contribution in [0.15, 0.2) is 36.4 Å². The average Bonchev–Trinajstić information content (AvgIpc) is 2.63. The van der Waals surface area contributed by atoms with Gasteiger partial charge in [0, 0.05) is 12.0 Å². The van der Waals surface area contributed by atoms with Gasteiger partial charge >= 0.3 is 5.97 Å². The molecule has 0 spiro atoms. The van der Waals surface area contributed by atoms with E-state index in [1.165, 1.54) is 24.3 Å². The van der Waals surface area contributed by atoms with Crippen LogP contribution in [0.5, 0.6) is 0 Å². The molecule has 2 aromatic rings. The highest BCUT2D eigenvalue weighted by molar-refractivity contribution is 6.44. The zero-order valence-corrected chi connectivity index (χ0v) is 16.0. The first-order valence-corrected chi connectivity index (χ1v) is 8.78. The monoisotopic (exact) mass is 431 g/mol. The fourth-order valence-corrected chi connectivity index (χ4v) is 2.61. The van der Waals surface area contributed by atoms with Crippen molar-refractivity contribution in [3.63, 3.8) is 0 Å². The van der Waals surface area contributed by atoms with E-state index in [-0.39, 0.29) is 44.9 Å². The van der Waals surface area contributed by atoms with Crippen LogP contribution in [0.1, 0.15) is 23.2 Å². The van der Waals surface area contributed by atoms with Gasteiger partial charge in [-0.05, 0) is 36.4 Å². The molecule has 0 aliphatic heterocycles. The number of benzene rings is 2. The van der Waals surface area contributed by atoms with Crippen molar-refractivity contribution in [1.29, 1.82) is 0 Å². The van der Waals surface area contributed by atoms with Crippen molar-refractivity contribution in [2.75, 3.05) is 11.9 Å². The van der Waals surface area contributed by atoms with E-state index in [9.17, 15) is 18.8 Å². The lowest BCUT2D eigenvalue weighted by Gasteiger charge is -2.09. The molecular formula is C18H13Cl3FNO4. The molecule has 27 heavy (non-hydrogen) atoms. The van der Waals surface area contributed by atoms with Gasteiger partial charge in [-0.1, -0.05) is 34.8 Å². The summed E-state index contributed by atoms with van der Waals surface area (Å²) in [5.41, 5.74) is 0.509. The number of nitrogens with one attached hydrogen (secondary N) is 1. The van der Waals surface area contributed by atoms with Crippen molar-refractivity contribution in [3.8, 4) is 0 Å². The number of rotatable bonds is 7. The quantitative estimate of drug-likeness (QED) is 0.382. The van der Waals surface area contributed by atoms with Gasteiger partial charge < -0.3 is 10.1 Å². The van der Waals surface area contributed by atoms with Crippen LogP contribution in [0, 0.1) is 5.82 Å². The lowest BCUT2D eigenvalue weighted by molar-refractivity contribution is -0.147. The van der Waals surface area contributed by atoms with Crippen LogP contribution in [-0.4, -0.2) is 24.3 Å². The number of hydrogen-bond donors (Lipinski definition) is 1. The smallest absolute Gasteiger partial charge is 0.306 e. The molecule has 0 aliphatic carbocycles. The predicted octanol–water partition coefficient (Wildman–Crippen LogP) is 4.93. The first kappa shape index (κ1) is 21.2. The number of ether oxygens (including phenoxy) is 1. The molecule has 0 heterocycles. The maximum Gasteiger partial charge on any atom is 0.306 e. The summed E-state index contributed by atoms with van der Waals surface area (Å²) in [6.07, 6.45) is -0.332. The zero-order chi connectivity index (χ0) is 20.0. The highest BCUT2D eigenvalue weighted by Gasteiger charge is 2.14. The predicted molar refractivity (Wildman–Crippen MR) is 101 cm³/mol. The Kier molecular flexibility index (Phi) is 7.59. The van der Waals surface area contributed by atoms with Gasteiger partial charge in [-0.2, -0.15) is 0 Å². The van der Waals surface area contributed by atoms with Gasteiger partial charge in [0.05, 0.1) is 27.2 Å². The van der Waals surface area contributed by atoms with Crippen LogP contribution in [0.3, 0.4) is 0 Å². The highest BCUT2D eigenvalue weighted by Crippen LogP contribution is 2.32. The third kappa shape index (κ3) is 6.50. The first-order chi connectivity index (χ1) is 12.8. The normalized spacial score (nSPS) is 10.4. The topological polar surface area (TPSA) is 72.5 Å². The number of carbonyl (C=O) groups excluding carboxylic acids is 3. The second kappa shape index (κ2) is 9.69. The van der Waals surface area contributed by atoms with E-state index in [0.717, 1.165) is 12.1 Å². The molecule has 1 amide bonds. The van der Waals surface area contributed by atoms with Crippen LogP contribution in [0.2, 0.25) is 15.1 Å². The number of hydrogen-bond acceptors (Lipinski definition) is 4. The van der Waals surface area contributed by atoms with Crippen molar-refractivity contribution >= 4 is 58.1 Å². The first-order valence-electron chi connectivity index (χ1n) is 7.65. The average molecular weight is 433 g/mol. The Hall–Kier alpha value is -2.15. The van der Waals surface area contributed by atoms with Crippen molar-refractivity contribution in [1.82, 2.24) is 0 Å². The SMILES string of the molecule is O=C(COC(=O)CCC(=O)c1ccc(F)cc1)Nc1cc(Cl)c(Cl)cc1Cl. The number of esters is 1. The van der Waals surface area contributed by atoms with Crippen molar-refractivity contribution < 1.29 is 23.5 Å². The van der Waals surface area contributed by atoms with E-state index in [2.05, 4.69) is 5.32 Å². The minimum atomic E-state index is -0.721. The number of carbonyl (C=O) groups is 3. The molecule has 142 valence electrons. The number of halogens is 4. The Morgan fingerprint density at radius 3 is 2.22 bits per heavy atom. The van der Waals surface area contributed by atoms with Gasteiger partial charge in [0.15, 0.2) is 12.4 Å². The van der Waals surface area contributed by atoms with Crippen LogP contribution >= 0.6 is 34.8 Å².